The molecular formula is C22H21ClN2O5. The normalized spacial score (nSPS) is 15.4. The molecule has 2 aromatic carbocycles. The van der Waals surface area contributed by atoms with Crippen LogP contribution in [0.15, 0.2) is 35.9 Å². The third kappa shape index (κ3) is 4.16. The van der Waals surface area contributed by atoms with E-state index in [-0.39, 0.29) is 10.6 Å². The van der Waals surface area contributed by atoms with Gasteiger partial charge in [0.1, 0.15) is 5.57 Å². The average molecular weight is 429 g/mol. The minimum absolute atomic E-state index is 0.198. The van der Waals surface area contributed by atoms with Crippen molar-refractivity contribution >= 4 is 41.2 Å². The third-order valence-corrected chi connectivity index (χ3v) is 4.70. The van der Waals surface area contributed by atoms with Crippen LogP contribution >= 0.6 is 11.6 Å². The Hall–Kier alpha value is -3.32. The molecule has 0 bridgehead atoms. The molecule has 1 aliphatic heterocycles. The molecule has 156 valence electrons. The monoisotopic (exact) mass is 428 g/mol. The Kier molecular flexibility index (Phi) is 6.12. The summed E-state index contributed by atoms with van der Waals surface area (Å²) in [5, 5.41) is 2.48. The number of urea groups is 1. The zero-order chi connectivity index (χ0) is 22.0. The minimum Gasteiger partial charge on any atom is -0.493 e. The van der Waals surface area contributed by atoms with Gasteiger partial charge in [-0.3, -0.25) is 14.9 Å². The number of nitrogens with one attached hydrogen (secondary N) is 1. The molecule has 0 radical (unpaired) electrons. The second-order valence-electron chi connectivity index (χ2n) is 6.77. The lowest BCUT2D eigenvalue weighted by Crippen LogP contribution is -2.54. The van der Waals surface area contributed by atoms with E-state index < -0.39 is 17.8 Å². The smallest absolute Gasteiger partial charge is 0.335 e. The van der Waals surface area contributed by atoms with Gasteiger partial charge in [-0.1, -0.05) is 17.7 Å². The van der Waals surface area contributed by atoms with Crippen molar-refractivity contribution in [3.8, 4) is 11.5 Å². The van der Waals surface area contributed by atoms with Crippen LogP contribution in [0.2, 0.25) is 5.02 Å². The van der Waals surface area contributed by atoms with Gasteiger partial charge in [0.15, 0.2) is 11.5 Å². The third-order valence-electron chi connectivity index (χ3n) is 4.42. The van der Waals surface area contributed by atoms with E-state index in [4.69, 9.17) is 21.1 Å². The molecule has 30 heavy (non-hydrogen) atoms. The summed E-state index contributed by atoms with van der Waals surface area (Å²) in [5.74, 6) is -0.773. The van der Waals surface area contributed by atoms with E-state index in [1.54, 1.807) is 24.3 Å². The fourth-order valence-electron chi connectivity index (χ4n) is 3.25. The molecule has 1 saturated heterocycles. The molecule has 1 N–H and O–H groups in total. The molecule has 2 aromatic rings. The molecule has 1 fully saturated rings. The summed E-state index contributed by atoms with van der Waals surface area (Å²) >= 11 is 6.28. The van der Waals surface area contributed by atoms with Crippen LogP contribution in [0.1, 0.15) is 23.6 Å². The maximum absolute atomic E-state index is 13.1. The number of benzene rings is 2. The lowest BCUT2D eigenvalue weighted by molar-refractivity contribution is -0.122. The maximum atomic E-state index is 13.1. The number of hydrogen-bond donors (Lipinski definition) is 1. The largest absolute Gasteiger partial charge is 0.493 e. The number of nitrogens with zero attached hydrogens (tertiary/aromatic N) is 1. The number of rotatable bonds is 5. The van der Waals surface area contributed by atoms with Crippen LogP contribution < -0.4 is 19.7 Å². The Balaban J connectivity index is 2.05. The topological polar surface area (TPSA) is 84.9 Å². The van der Waals surface area contributed by atoms with Crippen LogP contribution in [0.4, 0.5) is 10.5 Å². The highest BCUT2D eigenvalue weighted by Gasteiger charge is 2.37. The molecule has 0 unspecified atom stereocenters. The molecule has 0 atom stereocenters. The van der Waals surface area contributed by atoms with Crippen LogP contribution in [0.25, 0.3) is 6.08 Å². The summed E-state index contributed by atoms with van der Waals surface area (Å²) in [7, 11) is 1.46. The summed E-state index contributed by atoms with van der Waals surface area (Å²) in [6, 6.07) is 7.69. The lowest BCUT2D eigenvalue weighted by Gasteiger charge is -2.27. The van der Waals surface area contributed by atoms with Gasteiger partial charge in [-0.05, 0) is 67.8 Å². The molecule has 4 amide bonds. The summed E-state index contributed by atoms with van der Waals surface area (Å²) in [4.78, 5) is 38.8. The van der Waals surface area contributed by atoms with E-state index >= 15 is 0 Å². The van der Waals surface area contributed by atoms with Gasteiger partial charge in [0.25, 0.3) is 11.8 Å². The van der Waals surface area contributed by atoms with Crippen molar-refractivity contribution < 1.29 is 23.9 Å². The Morgan fingerprint density at radius 1 is 1.07 bits per heavy atom. The first-order valence-corrected chi connectivity index (χ1v) is 9.63. The van der Waals surface area contributed by atoms with Crippen molar-refractivity contribution in [2.24, 2.45) is 0 Å². The number of methoxy groups -OCH3 is 1. The maximum Gasteiger partial charge on any atom is 0.335 e. The van der Waals surface area contributed by atoms with Crippen LogP contribution in [-0.2, 0) is 9.59 Å². The highest BCUT2D eigenvalue weighted by atomic mass is 35.5. The highest BCUT2D eigenvalue weighted by Crippen LogP contribution is 2.37. The Morgan fingerprint density at radius 3 is 2.33 bits per heavy atom. The number of ether oxygens (including phenoxy) is 2. The number of carbonyl (C=O) groups is 3. The fraction of sp³-hybridized carbons (Fsp3) is 0.227. The number of anilines is 1. The number of barbiturate groups is 1. The van der Waals surface area contributed by atoms with Crippen LogP contribution in [0.3, 0.4) is 0 Å². The van der Waals surface area contributed by atoms with E-state index in [2.05, 4.69) is 5.32 Å². The van der Waals surface area contributed by atoms with Gasteiger partial charge < -0.3 is 9.47 Å². The molecular weight excluding hydrogens is 408 g/mol. The summed E-state index contributed by atoms with van der Waals surface area (Å²) < 4.78 is 10.8. The lowest BCUT2D eigenvalue weighted by atomic mass is 10.0. The van der Waals surface area contributed by atoms with Crippen molar-refractivity contribution in [1.82, 2.24) is 5.32 Å². The molecule has 1 aliphatic rings. The van der Waals surface area contributed by atoms with Gasteiger partial charge in [0, 0.05) is 0 Å². The van der Waals surface area contributed by atoms with E-state index in [0.717, 1.165) is 16.0 Å². The van der Waals surface area contributed by atoms with Gasteiger partial charge in [-0.25, -0.2) is 9.69 Å². The van der Waals surface area contributed by atoms with Crippen molar-refractivity contribution in [2.45, 2.75) is 20.8 Å². The van der Waals surface area contributed by atoms with Crippen LogP contribution in [-0.4, -0.2) is 31.6 Å². The van der Waals surface area contributed by atoms with Crippen molar-refractivity contribution in [2.75, 3.05) is 18.6 Å². The first-order valence-electron chi connectivity index (χ1n) is 9.25. The van der Waals surface area contributed by atoms with E-state index in [1.807, 2.05) is 26.8 Å². The van der Waals surface area contributed by atoms with E-state index in [1.165, 1.54) is 13.2 Å². The average Bonchev–Trinajstić information content (AvgIpc) is 2.66. The molecule has 8 heteroatoms. The number of carbonyl (C=O) groups excluding carboxylic acids is 3. The first-order chi connectivity index (χ1) is 14.2. The Morgan fingerprint density at radius 2 is 1.73 bits per heavy atom. The van der Waals surface area contributed by atoms with Crippen molar-refractivity contribution in [3.05, 3.63) is 57.6 Å². The van der Waals surface area contributed by atoms with E-state index in [9.17, 15) is 14.4 Å². The SMILES string of the molecule is CCOc1c(Cl)cc(C=C2C(=O)NC(=O)N(c3cc(C)cc(C)c3)C2=O)cc1OC. The van der Waals surface area contributed by atoms with Gasteiger partial charge in [0.2, 0.25) is 0 Å². The summed E-state index contributed by atoms with van der Waals surface area (Å²) in [6.07, 6.45) is 1.36. The fourth-order valence-corrected chi connectivity index (χ4v) is 3.52. The molecule has 3 rings (SSSR count). The zero-order valence-electron chi connectivity index (χ0n) is 17.0. The van der Waals surface area contributed by atoms with E-state index in [0.29, 0.717) is 29.4 Å². The Labute approximate surface area is 179 Å². The van der Waals surface area contributed by atoms with Crippen molar-refractivity contribution in [3.63, 3.8) is 0 Å². The standard InChI is InChI=1S/C22H21ClN2O5/c1-5-30-19-17(23)10-14(11-18(19)29-4)9-16-20(26)24-22(28)25(21(16)27)15-7-12(2)6-13(3)8-15/h6-11H,5H2,1-4H3,(H,24,26,28). The van der Waals surface area contributed by atoms with Gasteiger partial charge >= 0.3 is 6.03 Å². The van der Waals surface area contributed by atoms with Crippen molar-refractivity contribution in [1.29, 1.82) is 0 Å². The van der Waals surface area contributed by atoms with Gasteiger partial charge in [0.05, 0.1) is 24.4 Å². The quantitative estimate of drug-likeness (QED) is 0.574. The predicted octanol–water partition coefficient (Wildman–Crippen LogP) is 4.03. The van der Waals surface area contributed by atoms with Crippen LogP contribution in [0.5, 0.6) is 11.5 Å². The molecule has 0 spiro atoms. The van der Waals surface area contributed by atoms with Gasteiger partial charge in [-0.2, -0.15) is 0 Å². The number of halogens is 1. The molecule has 7 nitrogen and oxygen atoms in total. The first kappa shape index (κ1) is 21.4. The highest BCUT2D eigenvalue weighted by molar-refractivity contribution is 6.39. The molecule has 0 saturated carbocycles. The summed E-state index contributed by atoms with van der Waals surface area (Å²) in [6.45, 7) is 5.93. The second-order valence-corrected chi connectivity index (χ2v) is 7.18. The number of imide groups is 2. The molecule has 0 aromatic heterocycles. The number of aryl methyl sites for hydroxylation is 2. The number of amides is 4. The van der Waals surface area contributed by atoms with Crippen LogP contribution in [0, 0.1) is 13.8 Å². The zero-order valence-corrected chi connectivity index (χ0v) is 17.8. The van der Waals surface area contributed by atoms with Gasteiger partial charge in [-0.15, -0.1) is 0 Å². The minimum atomic E-state index is -0.797. The molecule has 1 heterocycles. The predicted molar refractivity (Wildman–Crippen MR) is 114 cm³/mol. The Bertz CT molecular complexity index is 1060. The second kappa shape index (κ2) is 8.59. The summed E-state index contributed by atoms with van der Waals surface area (Å²) in [5.41, 5.74) is 2.41. The number of hydrogen-bond acceptors (Lipinski definition) is 5. The molecule has 0 aliphatic carbocycles.